The fraction of sp³-hybridized carbons (Fsp3) is 0.500. The second-order valence-electron chi connectivity index (χ2n) is 8.63. The number of carbonyl (C=O) groups excluding carboxylic acids is 1. The molecule has 1 unspecified atom stereocenters. The van der Waals surface area contributed by atoms with Gasteiger partial charge in [-0.15, -0.1) is 0 Å². The molecule has 0 radical (unpaired) electrons. The highest BCUT2D eigenvalue weighted by molar-refractivity contribution is 5.70. The van der Waals surface area contributed by atoms with E-state index in [0.29, 0.717) is 43.4 Å². The monoisotopic (exact) mass is 470 g/mol. The van der Waals surface area contributed by atoms with Crippen molar-refractivity contribution in [3.63, 3.8) is 0 Å². The zero-order chi connectivity index (χ0) is 23.9. The van der Waals surface area contributed by atoms with Gasteiger partial charge in [0.2, 0.25) is 0 Å². The summed E-state index contributed by atoms with van der Waals surface area (Å²) in [5.74, 6) is 2.73. The first kappa shape index (κ1) is 24.0. The molecule has 1 atom stereocenters. The average Bonchev–Trinajstić information content (AvgIpc) is 3.50. The van der Waals surface area contributed by atoms with Crippen molar-refractivity contribution in [1.29, 1.82) is 0 Å². The Balaban J connectivity index is 1.39. The third-order valence-corrected chi connectivity index (χ3v) is 6.44. The molecule has 0 saturated carbocycles. The van der Waals surface area contributed by atoms with Gasteiger partial charge in [-0.25, -0.2) is 4.79 Å². The third-order valence-electron chi connectivity index (χ3n) is 6.44. The van der Waals surface area contributed by atoms with Crippen molar-refractivity contribution in [1.82, 2.24) is 9.80 Å². The van der Waals surface area contributed by atoms with E-state index < -0.39 is 0 Å². The van der Waals surface area contributed by atoms with Crippen molar-refractivity contribution in [2.24, 2.45) is 0 Å². The quantitative estimate of drug-likeness (QED) is 0.495. The fourth-order valence-corrected chi connectivity index (χ4v) is 4.55. The van der Waals surface area contributed by atoms with Crippen molar-refractivity contribution >= 4 is 6.09 Å². The highest BCUT2D eigenvalue weighted by atomic mass is 16.6. The molecule has 2 aliphatic rings. The highest BCUT2D eigenvalue weighted by Crippen LogP contribution is 2.31. The van der Waals surface area contributed by atoms with Gasteiger partial charge in [-0.2, -0.15) is 0 Å². The molecule has 2 aromatic rings. The molecule has 0 aromatic heterocycles. The van der Waals surface area contributed by atoms with Crippen molar-refractivity contribution in [2.45, 2.75) is 31.8 Å². The van der Waals surface area contributed by atoms with Gasteiger partial charge in [0.05, 0.1) is 27.4 Å². The van der Waals surface area contributed by atoms with Crippen LogP contribution in [0.3, 0.4) is 0 Å². The Kier molecular flexibility index (Phi) is 8.00. The molecule has 2 fully saturated rings. The van der Waals surface area contributed by atoms with Gasteiger partial charge in [0.25, 0.3) is 0 Å². The number of carbonyl (C=O) groups is 1. The molecule has 184 valence electrons. The van der Waals surface area contributed by atoms with Crippen LogP contribution in [0.1, 0.15) is 24.0 Å². The zero-order valence-electron chi connectivity index (χ0n) is 20.2. The Bertz CT molecular complexity index is 976. The first-order valence-corrected chi connectivity index (χ1v) is 11.8. The maximum absolute atomic E-state index is 12.5. The van der Waals surface area contributed by atoms with Crippen LogP contribution < -0.4 is 18.9 Å². The normalized spacial score (nSPS) is 18.1. The van der Waals surface area contributed by atoms with E-state index in [1.54, 1.807) is 26.2 Å². The van der Waals surface area contributed by atoms with Crippen molar-refractivity contribution < 1.29 is 28.5 Å². The van der Waals surface area contributed by atoms with Crippen LogP contribution in [-0.4, -0.2) is 76.1 Å². The summed E-state index contributed by atoms with van der Waals surface area (Å²) in [5.41, 5.74) is 2.00. The minimum absolute atomic E-state index is 0.0766. The maximum atomic E-state index is 12.5. The Morgan fingerprint density at radius 1 is 0.882 bits per heavy atom. The van der Waals surface area contributed by atoms with E-state index in [0.717, 1.165) is 36.5 Å². The summed E-state index contributed by atoms with van der Waals surface area (Å²) in [5, 5.41) is 0. The van der Waals surface area contributed by atoms with Gasteiger partial charge in [-0.05, 0) is 67.7 Å². The van der Waals surface area contributed by atoms with Crippen LogP contribution in [0.2, 0.25) is 0 Å². The lowest BCUT2D eigenvalue weighted by Crippen LogP contribution is -2.34. The van der Waals surface area contributed by atoms with Gasteiger partial charge in [0.1, 0.15) is 13.2 Å². The number of rotatable bonds is 11. The van der Waals surface area contributed by atoms with Crippen LogP contribution >= 0.6 is 0 Å². The van der Waals surface area contributed by atoms with Gasteiger partial charge >= 0.3 is 6.09 Å². The van der Waals surface area contributed by atoms with Crippen molar-refractivity contribution in [3.05, 3.63) is 47.5 Å². The second-order valence-corrected chi connectivity index (χ2v) is 8.63. The molecule has 0 bridgehead atoms. The molecule has 2 aromatic carbocycles. The number of hydrogen-bond acceptors (Lipinski definition) is 7. The summed E-state index contributed by atoms with van der Waals surface area (Å²) in [6.07, 6.45) is 2.89. The molecule has 34 heavy (non-hydrogen) atoms. The lowest BCUT2D eigenvalue weighted by molar-refractivity contribution is 0.156. The summed E-state index contributed by atoms with van der Waals surface area (Å²) in [6, 6.07) is 11.6. The first-order chi connectivity index (χ1) is 16.6. The predicted molar refractivity (Wildman–Crippen MR) is 128 cm³/mol. The minimum atomic E-state index is -0.311. The molecule has 2 aliphatic heterocycles. The Morgan fingerprint density at radius 3 is 2.26 bits per heavy atom. The first-order valence-electron chi connectivity index (χ1n) is 11.8. The Labute approximate surface area is 201 Å². The van der Waals surface area contributed by atoms with E-state index in [9.17, 15) is 4.79 Å². The summed E-state index contributed by atoms with van der Waals surface area (Å²) in [7, 11) is 4.85. The number of nitrogens with zero attached hydrogens (tertiary/aromatic N) is 2. The molecular formula is C26H34N2O6. The molecular weight excluding hydrogens is 436 g/mol. The summed E-state index contributed by atoms with van der Waals surface area (Å²) in [4.78, 5) is 16.6. The van der Waals surface area contributed by atoms with Crippen LogP contribution in [0.5, 0.6) is 23.0 Å². The van der Waals surface area contributed by atoms with Crippen LogP contribution in [-0.2, 0) is 17.7 Å². The Hall–Kier alpha value is -3.13. The van der Waals surface area contributed by atoms with Gasteiger partial charge < -0.3 is 23.7 Å². The molecule has 1 amide bonds. The molecule has 8 heteroatoms. The number of hydrogen-bond donors (Lipinski definition) is 0. The van der Waals surface area contributed by atoms with Crippen molar-refractivity contribution in [3.8, 4) is 23.0 Å². The number of methoxy groups -OCH3 is 3. The topological polar surface area (TPSA) is 69.7 Å². The van der Waals surface area contributed by atoms with E-state index in [4.69, 9.17) is 23.7 Å². The molecule has 8 nitrogen and oxygen atoms in total. The number of benzene rings is 2. The van der Waals surface area contributed by atoms with E-state index in [2.05, 4.69) is 4.90 Å². The molecule has 0 N–H and O–H groups in total. The lowest BCUT2D eigenvalue weighted by atomic mass is 10.0. The molecule has 2 saturated heterocycles. The molecule has 0 aliphatic carbocycles. The average molecular weight is 471 g/mol. The fourth-order valence-electron chi connectivity index (χ4n) is 4.55. The third kappa shape index (κ3) is 5.67. The van der Waals surface area contributed by atoms with Crippen LogP contribution in [0.15, 0.2) is 36.4 Å². The standard InChI is InChI=1S/C26H34N2O6/c1-30-22-8-7-20(16-24(22)31-2)17-28-21(18-34-26(28)29)14-19-6-9-23(25(15-19)32-3)33-13-12-27-10-4-5-11-27/h6-9,15-16,21H,4-5,10-14,17-18H2,1-3H3. The van der Waals surface area contributed by atoms with E-state index >= 15 is 0 Å². The Morgan fingerprint density at radius 2 is 1.53 bits per heavy atom. The van der Waals surface area contributed by atoms with E-state index in [1.165, 1.54) is 12.8 Å². The van der Waals surface area contributed by atoms with Crippen LogP contribution in [0.4, 0.5) is 4.79 Å². The van der Waals surface area contributed by atoms with Crippen LogP contribution in [0, 0.1) is 0 Å². The largest absolute Gasteiger partial charge is 0.493 e. The highest BCUT2D eigenvalue weighted by Gasteiger charge is 2.33. The van der Waals surface area contributed by atoms with Crippen molar-refractivity contribution in [2.75, 3.05) is 54.2 Å². The van der Waals surface area contributed by atoms with Gasteiger partial charge in [-0.1, -0.05) is 12.1 Å². The molecule has 4 rings (SSSR count). The molecule has 0 spiro atoms. The zero-order valence-corrected chi connectivity index (χ0v) is 20.2. The van der Waals surface area contributed by atoms with E-state index in [1.807, 2.05) is 36.4 Å². The number of ether oxygens (including phenoxy) is 5. The summed E-state index contributed by atoms with van der Waals surface area (Å²) in [6.45, 7) is 4.65. The number of likely N-dealkylation sites (tertiary alicyclic amines) is 1. The summed E-state index contributed by atoms with van der Waals surface area (Å²) >= 11 is 0. The summed E-state index contributed by atoms with van der Waals surface area (Å²) < 4.78 is 27.7. The molecule has 2 heterocycles. The SMILES string of the molecule is COc1ccc(CN2C(=O)OCC2Cc2ccc(OCCN3CCCC3)c(OC)c2)cc1OC. The van der Waals surface area contributed by atoms with Crippen LogP contribution in [0.25, 0.3) is 0 Å². The smallest absolute Gasteiger partial charge is 0.410 e. The number of cyclic esters (lactones) is 1. The lowest BCUT2D eigenvalue weighted by Gasteiger charge is -2.22. The van der Waals surface area contributed by atoms with Gasteiger partial charge in [0.15, 0.2) is 23.0 Å². The second kappa shape index (κ2) is 11.3. The van der Waals surface area contributed by atoms with Gasteiger partial charge in [0, 0.05) is 13.1 Å². The number of amides is 1. The maximum Gasteiger partial charge on any atom is 0.410 e. The minimum Gasteiger partial charge on any atom is -0.493 e. The van der Waals surface area contributed by atoms with Gasteiger partial charge in [-0.3, -0.25) is 9.80 Å². The van der Waals surface area contributed by atoms with E-state index in [-0.39, 0.29) is 12.1 Å². The predicted octanol–water partition coefficient (Wildman–Crippen LogP) is 3.75.